The van der Waals surface area contributed by atoms with Gasteiger partial charge in [-0.25, -0.2) is 4.99 Å². The molecular formula is C11H8FN3O3. The molecule has 0 bridgehead atoms. The number of hydrogen-bond donors (Lipinski definition) is 1. The van der Waals surface area contributed by atoms with Crippen LogP contribution >= 0.6 is 0 Å². The third kappa shape index (κ3) is 2.55. The van der Waals surface area contributed by atoms with Crippen LogP contribution in [0.15, 0.2) is 33.9 Å². The number of methoxy groups -OCH3 is 1. The summed E-state index contributed by atoms with van der Waals surface area (Å²) in [6, 6.07) is 1.40. The van der Waals surface area contributed by atoms with Gasteiger partial charge in [0.15, 0.2) is 17.7 Å². The first-order valence-electron chi connectivity index (χ1n) is 4.91. The van der Waals surface area contributed by atoms with Crippen molar-refractivity contribution < 1.29 is 18.4 Å². The van der Waals surface area contributed by atoms with E-state index >= 15 is 0 Å². The number of aliphatic imine (C=N–C) groups is 1. The van der Waals surface area contributed by atoms with Gasteiger partial charge >= 0.3 is 0 Å². The highest BCUT2D eigenvalue weighted by Gasteiger charge is 2.15. The summed E-state index contributed by atoms with van der Waals surface area (Å²) in [5.41, 5.74) is 0.107. The van der Waals surface area contributed by atoms with Crippen molar-refractivity contribution in [2.24, 2.45) is 4.99 Å². The summed E-state index contributed by atoms with van der Waals surface area (Å²) < 4.78 is 22.3. The third-order valence-electron chi connectivity index (χ3n) is 2.00. The number of ketones is 1. The molecule has 7 heteroatoms. The van der Waals surface area contributed by atoms with Gasteiger partial charge < -0.3 is 14.6 Å². The van der Waals surface area contributed by atoms with Crippen molar-refractivity contribution in [3.63, 3.8) is 0 Å². The molecule has 1 atom stereocenters. The van der Waals surface area contributed by atoms with E-state index in [4.69, 9.17) is 4.74 Å². The Bertz CT molecular complexity index is 566. The molecular weight excluding hydrogens is 241 g/mol. The number of nitrogens with one attached hydrogen (secondary N) is 1. The number of hydrogen-bond acceptors (Lipinski definition) is 6. The number of halogens is 1. The SMILES string of the molecule is COC1=NC(C#CC(=O)c2ccon2)NC=C1F. The van der Waals surface area contributed by atoms with Gasteiger partial charge in [-0.2, -0.15) is 4.39 Å². The van der Waals surface area contributed by atoms with Gasteiger partial charge in [0.1, 0.15) is 6.26 Å². The second kappa shape index (κ2) is 5.14. The molecule has 18 heavy (non-hydrogen) atoms. The Morgan fingerprint density at radius 1 is 1.67 bits per heavy atom. The van der Waals surface area contributed by atoms with Crippen LogP contribution in [0.4, 0.5) is 4.39 Å². The minimum Gasteiger partial charge on any atom is -0.479 e. The van der Waals surface area contributed by atoms with Crippen LogP contribution in [0.3, 0.4) is 0 Å². The first-order valence-corrected chi connectivity index (χ1v) is 4.91. The summed E-state index contributed by atoms with van der Waals surface area (Å²) in [6.07, 6.45) is 1.61. The molecule has 0 fully saturated rings. The van der Waals surface area contributed by atoms with E-state index in [1.807, 2.05) is 0 Å². The molecule has 0 aromatic carbocycles. The number of carbonyl (C=O) groups excluding carboxylic acids is 1. The molecule has 0 radical (unpaired) electrons. The van der Waals surface area contributed by atoms with Gasteiger partial charge in [0, 0.05) is 12.3 Å². The molecule has 0 spiro atoms. The first kappa shape index (κ1) is 11.9. The predicted octanol–water partition coefficient (Wildman–Crippen LogP) is 0.646. The molecule has 0 amide bonds. The number of Topliss-reactive ketones (excluding diaryl/α,β-unsaturated/α-hetero) is 1. The summed E-state index contributed by atoms with van der Waals surface area (Å²) >= 11 is 0. The standard InChI is InChI=1S/C11H8FN3O3/c1-17-11-7(12)6-13-10(14-11)3-2-9(16)8-4-5-18-15-8/h4-6,10,13H,1H3. The van der Waals surface area contributed by atoms with E-state index in [0.29, 0.717) is 0 Å². The second-order valence-corrected chi connectivity index (χ2v) is 3.18. The zero-order valence-corrected chi connectivity index (χ0v) is 9.31. The van der Waals surface area contributed by atoms with Crippen LogP contribution in [0, 0.1) is 11.8 Å². The second-order valence-electron chi connectivity index (χ2n) is 3.18. The maximum Gasteiger partial charge on any atom is 0.257 e. The van der Waals surface area contributed by atoms with Crippen molar-refractivity contribution in [1.29, 1.82) is 0 Å². The molecule has 6 nitrogen and oxygen atoms in total. The summed E-state index contributed by atoms with van der Waals surface area (Å²) in [6.45, 7) is 0. The number of ether oxygens (including phenoxy) is 1. The predicted molar refractivity (Wildman–Crippen MR) is 59.2 cm³/mol. The number of carbonyl (C=O) groups is 1. The summed E-state index contributed by atoms with van der Waals surface area (Å²) in [7, 11) is 1.29. The average Bonchev–Trinajstić information content (AvgIpc) is 2.91. The van der Waals surface area contributed by atoms with Crippen molar-refractivity contribution in [2.45, 2.75) is 6.17 Å². The van der Waals surface area contributed by atoms with Crippen LogP contribution in [-0.2, 0) is 4.74 Å². The Balaban J connectivity index is 2.08. The number of aromatic nitrogens is 1. The zero-order valence-electron chi connectivity index (χ0n) is 9.31. The Morgan fingerprint density at radius 3 is 3.17 bits per heavy atom. The van der Waals surface area contributed by atoms with Gasteiger partial charge in [-0.05, 0) is 11.8 Å². The molecule has 1 unspecified atom stereocenters. The highest BCUT2D eigenvalue weighted by atomic mass is 19.1. The largest absolute Gasteiger partial charge is 0.479 e. The van der Waals surface area contributed by atoms with Crippen molar-refractivity contribution in [3.8, 4) is 11.8 Å². The molecule has 0 saturated carbocycles. The lowest BCUT2D eigenvalue weighted by Crippen LogP contribution is -2.28. The molecule has 1 aromatic heterocycles. The van der Waals surface area contributed by atoms with Crippen LogP contribution in [0.2, 0.25) is 0 Å². The van der Waals surface area contributed by atoms with Crippen molar-refractivity contribution in [1.82, 2.24) is 10.5 Å². The lowest BCUT2D eigenvalue weighted by Gasteiger charge is -2.13. The highest BCUT2D eigenvalue weighted by molar-refractivity contribution is 6.07. The normalized spacial score (nSPS) is 17.8. The van der Waals surface area contributed by atoms with Gasteiger partial charge in [0.2, 0.25) is 5.90 Å². The third-order valence-corrected chi connectivity index (χ3v) is 2.00. The van der Waals surface area contributed by atoms with Crippen LogP contribution in [0.25, 0.3) is 0 Å². The van der Waals surface area contributed by atoms with E-state index in [1.54, 1.807) is 0 Å². The van der Waals surface area contributed by atoms with Crippen molar-refractivity contribution >= 4 is 11.7 Å². The van der Waals surface area contributed by atoms with Gasteiger partial charge in [0.05, 0.1) is 7.11 Å². The van der Waals surface area contributed by atoms with E-state index in [0.717, 1.165) is 6.20 Å². The quantitative estimate of drug-likeness (QED) is 0.449. The number of rotatable bonds is 1. The highest BCUT2D eigenvalue weighted by Crippen LogP contribution is 2.07. The summed E-state index contributed by atoms with van der Waals surface area (Å²) in [5, 5.41) is 6.00. The van der Waals surface area contributed by atoms with Crippen molar-refractivity contribution in [3.05, 3.63) is 30.1 Å². The van der Waals surface area contributed by atoms with Gasteiger partial charge in [-0.3, -0.25) is 4.79 Å². The van der Waals surface area contributed by atoms with E-state index in [-0.39, 0.29) is 11.6 Å². The lowest BCUT2D eigenvalue weighted by atomic mass is 10.3. The molecule has 1 aliphatic heterocycles. The molecule has 0 saturated heterocycles. The summed E-state index contributed by atoms with van der Waals surface area (Å²) in [5.74, 6) is 3.55. The Kier molecular flexibility index (Phi) is 3.38. The van der Waals surface area contributed by atoms with Crippen LogP contribution in [0.1, 0.15) is 10.5 Å². The average molecular weight is 249 g/mol. The molecule has 2 heterocycles. The topological polar surface area (TPSA) is 76.7 Å². The molecule has 0 aliphatic carbocycles. The lowest BCUT2D eigenvalue weighted by molar-refractivity contribution is 0.104. The number of nitrogens with zero attached hydrogens (tertiary/aromatic N) is 2. The van der Waals surface area contributed by atoms with Gasteiger partial charge in [0.25, 0.3) is 5.78 Å². The van der Waals surface area contributed by atoms with Crippen molar-refractivity contribution in [2.75, 3.05) is 7.11 Å². The Morgan fingerprint density at radius 2 is 2.50 bits per heavy atom. The molecule has 1 N–H and O–H groups in total. The van der Waals surface area contributed by atoms with Crippen LogP contribution in [0.5, 0.6) is 0 Å². The maximum absolute atomic E-state index is 13.0. The first-order chi connectivity index (χ1) is 8.70. The smallest absolute Gasteiger partial charge is 0.257 e. The monoisotopic (exact) mass is 249 g/mol. The maximum atomic E-state index is 13.0. The Labute approximate surface area is 102 Å². The fraction of sp³-hybridized carbons (Fsp3) is 0.182. The fourth-order valence-corrected chi connectivity index (χ4v) is 1.18. The fourth-order valence-electron chi connectivity index (χ4n) is 1.18. The van der Waals surface area contributed by atoms with Crippen LogP contribution in [-0.4, -0.2) is 30.1 Å². The van der Waals surface area contributed by atoms with Gasteiger partial charge in [-0.1, -0.05) is 5.16 Å². The van der Waals surface area contributed by atoms with E-state index in [1.165, 1.54) is 19.4 Å². The van der Waals surface area contributed by atoms with E-state index in [9.17, 15) is 9.18 Å². The minimum atomic E-state index is -0.740. The van der Waals surface area contributed by atoms with E-state index in [2.05, 4.69) is 31.8 Å². The molecule has 1 aliphatic rings. The molecule has 2 rings (SSSR count). The van der Waals surface area contributed by atoms with Crippen LogP contribution < -0.4 is 5.32 Å². The minimum absolute atomic E-state index is 0.107. The molecule has 1 aromatic rings. The summed E-state index contributed by atoms with van der Waals surface area (Å²) in [4.78, 5) is 15.3. The molecule has 92 valence electrons. The van der Waals surface area contributed by atoms with Gasteiger partial charge in [-0.15, -0.1) is 0 Å². The zero-order chi connectivity index (χ0) is 13.0. The Hall–Kier alpha value is -2.62. The van der Waals surface area contributed by atoms with E-state index < -0.39 is 17.8 Å².